The number of anilines is 1. The van der Waals surface area contributed by atoms with Crippen molar-refractivity contribution in [3.8, 4) is 0 Å². The molecule has 0 spiro atoms. The number of carbonyl (C=O) groups excluding carboxylic acids is 1. The van der Waals surface area contributed by atoms with Gasteiger partial charge in [0.25, 0.3) is 0 Å². The minimum atomic E-state index is -0.796. The minimum absolute atomic E-state index is 0.00715. The Morgan fingerprint density at radius 2 is 1.79 bits per heavy atom. The molecule has 4 rings (SSSR count). The Bertz CT molecular complexity index is 868. The number of urea groups is 1. The number of hydrogen-bond acceptors (Lipinski definition) is 5. The van der Waals surface area contributed by atoms with E-state index in [0.717, 1.165) is 42.2 Å². The van der Waals surface area contributed by atoms with E-state index in [0.29, 0.717) is 28.9 Å². The molecular formula is C26H37N3O3S2. The molecule has 1 aromatic heterocycles. The minimum Gasteiger partial charge on any atom is -0.481 e. The van der Waals surface area contributed by atoms with Gasteiger partial charge in [-0.25, -0.2) is 9.78 Å². The fraction of sp³-hybridized carbons (Fsp3) is 0.654. The second kappa shape index (κ2) is 12.8. The summed E-state index contributed by atoms with van der Waals surface area (Å²) in [5, 5.41) is 12.5. The van der Waals surface area contributed by atoms with Crippen LogP contribution in [0.5, 0.6) is 0 Å². The van der Waals surface area contributed by atoms with Crippen LogP contribution in [0.25, 0.3) is 0 Å². The molecule has 2 amide bonds. The van der Waals surface area contributed by atoms with E-state index >= 15 is 0 Å². The van der Waals surface area contributed by atoms with Crippen molar-refractivity contribution in [3.63, 3.8) is 0 Å². The van der Waals surface area contributed by atoms with Crippen LogP contribution in [0, 0.1) is 11.8 Å². The number of carboxylic acids is 1. The number of aliphatic carboxylic acids is 1. The maximum absolute atomic E-state index is 13.6. The summed E-state index contributed by atoms with van der Waals surface area (Å²) in [6.45, 7) is 0. The normalized spacial score (nSPS) is 25.6. The zero-order valence-corrected chi connectivity index (χ0v) is 21.5. The lowest BCUT2D eigenvalue weighted by molar-refractivity contribution is -0.136. The Morgan fingerprint density at radius 1 is 1.06 bits per heavy atom. The van der Waals surface area contributed by atoms with Gasteiger partial charge in [-0.2, -0.15) is 0 Å². The molecular weight excluding hydrogens is 466 g/mol. The number of allylic oxidation sites excluding steroid dienone is 4. The number of carbonyl (C=O) groups is 2. The van der Waals surface area contributed by atoms with E-state index in [1.165, 1.54) is 61.6 Å². The summed E-state index contributed by atoms with van der Waals surface area (Å²) >= 11 is 2.91. The summed E-state index contributed by atoms with van der Waals surface area (Å²) in [5.74, 6) is 1.09. The molecule has 6 nitrogen and oxygen atoms in total. The molecule has 2 N–H and O–H groups in total. The molecule has 2 fully saturated rings. The molecule has 186 valence electrons. The third-order valence-corrected chi connectivity index (χ3v) is 9.57. The van der Waals surface area contributed by atoms with E-state index in [4.69, 9.17) is 5.11 Å². The Hall–Kier alpha value is -1.80. The van der Waals surface area contributed by atoms with Crippen molar-refractivity contribution in [2.45, 2.75) is 93.3 Å². The largest absolute Gasteiger partial charge is 0.481 e. The van der Waals surface area contributed by atoms with Gasteiger partial charge in [-0.3, -0.25) is 10.1 Å². The van der Waals surface area contributed by atoms with Crippen LogP contribution in [0.15, 0.2) is 34.7 Å². The molecule has 3 aliphatic carbocycles. The second-order valence-electron chi connectivity index (χ2n) is 9.74. The number of nitrogens with zero attached hydrogens (tertiary/aromatic N) is 2. The van der Waals surface area contributed by atoms with Gasteiger partial charge in [0.05, 0.1) is 16.8 Å². The highest BCUT2D eigenvalue weighted by Gasteiger charge is 2.35. The number of thioether (sulfide) groups is 1. The quantitative estimate of drug-likeness (QED) is 0.296. The van der Waals surface area contributed by atoms with Gasteiger partial charge >= 0.3 is 12.0 Å². The molecule has 1 heterocycles. The van der Waals surface area contributed by atoms with E-state index in [1.54, 1.807) is 6.20 Å². The van der Waals surface area contributed by atoms with Crippen LogP contribution in [0.3, 0.4) is 0 Å². The van der Waals surface area contributed by atoms with E-state index < -0.39 is 5.97 Å². The molecule has 34 heavy (non-hydrogen) atoms. The highest BCUT2D eigenvalue weighted by molar-refractivity contribution is 8.01. The van der Waals surface area contributed by atoms with E-state index in [1.807, 2.05) is 0 Å². The van der Waals surface area contributed by atoms with E-state index in [9.17, 15) is 9.59 Å². The zero-order chi connectivity index (χ0) is 23.8. The summed E-state index contributed by atoms with van der Waals surface area (Å²) in [5.41, 5.74) is 0. The monoisotopic (exact) mass is 503 g/mol. The zero-order valence-electron chi connectivity index (χ0n) is 19.9. The van der Waals surface area contributed by atoms with E-state index in [-0.39, 0.29) is 12.5 Å². The summed E-state index contributed by atoms with van der Waals surface area (Å²) < 4.78 is 0.938. The first-order valence-corrected chi connectivity index (χ1v) is 14.6. The Kier molecular flexibility index (Phi) is 9.50. The molecule has 1 atom stereocenters. The SMILES string of the molecule is O=C(O)CCSc1cnc(NC(=O)N(C2CCCCCC2)[C@H]2CC[C@H](C3C=CC=CC3)CC2)s1. The average molecular weight is 504 g/mol. The van der Waals surface area contributed by atoms with Crippen LogP contribution in [-0.4, -0.2) is 44.8 Å². The first kappa shape index (κ1) is 25.3. The number of carboxylic acid groups (broad SMARTS) is 1. The highest BCUT2D eigenvalue weighted by Crippen LogP contribution is 2.38. The van der Waals surface area contributed by atoms with Gasteiger partial charge in [-0.05, 0) is 56.8 Å². The van der Waals surface area contributed by atoms with Crippen molar-refractivity contribution in [3.05, 3.63) is 30.5 Å². The fourth-order valence-electron chi connectivity index (χ4n) is 5.70. The molecule has 0 aliphatic heterocycles. The van der Waals surface area contributed by atoms with Crippen molar-refractivity contribution in [1.29, 1.82) is 0 Å². The van der Waals surface area contributed by atoms with Crippen LogP contribution in [0.4, 0.5) is 9.93 Å². The lowest BCUT2D eigenvalue weighted by atomic mass is 9.75. The van der Waals surface area contributed by atoms with Gasteiger partial charge in [0.1, 0.15) is 0 Å². The maximum atomic E-state index is 13.6. The average Bonchev–Trinajstić information content (AvgIpc) is 3.11. The molecule has 1 unspecified atom stereocenters. The van der Waals surface area contributed by atoms with Crippen molar-refractivity contribution >= 4 is 40.2 Å². The van der Waals surface area contributed by atoms with Crippen molar-refractivity contribution in [1.82, 2.24) is 9.88 Å². The summed E-state index contributed by atoms with van der Waals surface area (Å²) in [7, 11) is 0. The third-order valence-electron chi connectivity index (χ3n) is 7.47. The van der Waals surface area contributed by atoms with E-state index in [2.05, 4.69) is 39.5 Å². The number of amides is 2. The summed E-state index contributed by atoms with van der Waals surface area (Å²) in [4.78, 5) is 30.9. The third kappa shape index (κ3) is 7.11. The van der Waals surface area contributed by atoms with Gasteiger partial charge < -0.3 is 10.0 Å². The molecule has 2 saturated carbocycles. The number of aromatic nitrogens is 1. The number of rotatable bonds is 8. The maximum Gasteiger partial charge on any atom is 0.324 e. The summed E-state index contributed by atoms with van der Waals surface area (Å²) in [6.07, 6.45) is 23.6. The van der Waals surface area contributed by atoms with Crippen LogP contribution < -0.4 is 5.32 Å². The molecule has 0 radical (unpaired) electrons. The molecule has 1 aromatic rings. The molecule has 0 bridgehead atoms. The second-order valence-corrected chi connectivity index (χ2v) is 12.2. The first-order valence-electron chi connectivity index (χ1n) is 12.8. The molecule has 3 aliphatic rings. The standard InChI is InChI=1S/C26H37N3O3S2/c30-23(31)16-17-33-24-18-27-25(34-24)28-26(32)29(21-10-6-1-2-7-11-21)22-14-12-20(13-15-22)19-8-4-3-5-9-19/h3-5,8,18-22H,1-2,6-7,9-17H2,(H,30,31)(H,27,28,32)/t19?,20-,22-. The van der Waals surface area contributed by atoms with Gasteiger partial charge in [0.15, 0.2) is 5.13 Å². The Balaban J connectivity index is 1.39. The van der Waals surface area contributed by atoms with Crippen LogP contribution in [0.2, 0.25) is 0 Å². The molecule has 8 heteroatoms. The lowest BCUT2D eigenvalue weighted by Gasteiger charge is -2.42. The van der Waals surface area contributed by atoms with Gasteiger partial charge in [0.2, 0.25) is 0 Å². The topological polar surface area (TPSA) is 82.5 Å². The predicted molar refractivity (Wildman–Crippen MR) is 140 cm³/mol. The van der Waals surface area contributed by atoms with Gasteiger partial charge in [-0.15, -0.1) is 11.8 Å². The lowest BCUT2D eigenvalue weighted by Crippen LogP contribution is -2.50. The molecule has 0 aromatic carbocycles. The number of nitrogens with one attached hydrogen (secondary N) is 1. The van der Waals surface area contributed by atoms with Crippen LogP contribution >= 0.6 is 23.1 Å². The number of thiazole rings is 1. The van der Waals surface area contributed by atoms with Crippen molar-refractivity contribution in [2.24, 2.45) is 11.8 Å². The van der Waals surface area contributed by atoms with Crippen molar-refractivity contribution in [2.75, 3.05) is 11.1 Å². The fourth-order valence-corrected chi connectivity index (χ4v) is 7.57. The first-order chi connectivity index (χ1) is 16.6. The van der Waals surface area contributed by atoms with Gasteiger partial charge in [0, 0.05) is 17.8 Å². The highest BCUT2D eigenvalue weighted by atomic mass is 32.2. The predicted octanol–water partition coefficient (Wildman–Crippen LogP) is 6.96. The Labute approximate surface area is 211 Å². The van der Waals surface area contributed by atoms with Crippen LogP contribution in [0.1, 0.15) is 77.0 Å². The Morgan fingerprint density at radius 3 is 2.47 bits per heavy atom. The summed E-state index contributed by atoms with van der Waals surface area (Å²) in [6, 6.07) is 0.602. The smallest absolute Gasteiger partial charge is 0.324 e. The van der Waals surface area contributed by atoms with Crippen molar-refractivity contribution < 1.29 is 14.7 Å². The van der Waals surface area contributed by atoms with Gasteiger partial charge in [-0.1, -0.05) is 61.3 Å². The number of hydrogen-bond donors (Lipinski definition) is 2. The molecule has 0 saturated heterocycles. The van der Waals surface area contributed by atoms with Crippen LogP contribution in [-0.2, 0) is 4.79 Å².